The number of nitrogens with zero attached hydrogens (tertiary/aromatic N) is 1. The highest BCUT2D eigenvalue weighted by Crippen LogP contribution is 2.24. The molecule has 2 heteroatoms. The molecule has 0 fully saturated rings. The highest BCUT2D eigenvalue weighted by Gasteiger charge is 2.06. The van der Waals surface area contributed by atoms with E-state index in [4.69, 9.17) is 0 Å². The van der Waals surface area contributed by atoms with Crippen molar-refractivity contribution in [1.82, 2.24) is 4.98 Å². The average molecular weight is 256 g/mol. The van der Waals surface area contributed by atoms with Crippen LogP contribution in [-0.2, 0) is 6.42 Å². The first-order chi connectivity index (χ1) is 9.35. The minimum absolute atomic E-state index is 1.06. The second-order valence-electron chi connectivity index (χ2n) is 4.10. The van der Waals surface area contributed by atoms with E-state index < -0.39 is 0 Å². The molecule has 0 amide bonds. The topological polar surface area (TPSA) is 24.9 Å². The molecule has 0 radical (unpaired) electrons. The first-order valence-corrected chi connectivity index (χ1v) is 7.07. The van der Waals surface area contributed by atoms with Gasteiger partial charge < -0.3 is 5.32 Å². The van der Waals surface area contributed by atoms with Crippen LogP contribution < -0.4 is 5.32 Å². The number of benzene rings is 1. The van der Waals surface area contributed by atoms with E-state index in [-0.39, 0.29) is 0 Å². The van der Waals surface area contributed by atoms with Gasteiger partial charge in [0.05, 0.1) is 17.6 Å². The molecule has 0 aliphatic heterocycles. The maximum absolute atomic E-state index is 4.58. The van der Waals surface area contributed by atoms with E-state index in [0.29, 0.717) is 0 Å². The lowest BCUT2D eigenvalue weighted by atomic mass is 10.0. The Kier molecular flexibility index (Phi) is 6.65. The lowest BCUT2D eigenvalue weighted by molar-refractivity contribution is 0.917. The first-order valence-electron chi connectivity index (χ1n) is 7.07. The van der Waals surface area contributed by atoms with E-state index in [1.807, 2.05) is 33.2 Å². The molecule has 102 valence electrons. The summed E-state index contributed by atoms with van der Waals surface area (Å²) < 4.78 is 0. The van der Waals surface area contributed by atoms with Crippen molar-refractivity contribution in [3.8, 4) is 11.3 Å². The summed E-state index contributed by atoms with van der Waals surface area (Å²) in [6.45, 7) is 6.20. The molecule has 1 heterocycles. The molecule has 0 saturated heterocycles. The van der Waals surface area contributed by atoms with Crippen molar-refractivity contribution in [1.29, 1.82) is 0 Å². The molecule has 1 aromatic carbocycles. The van der Waals surface area contributed by atoms with Crippen LogP contribution in [-0.4, -0.2) is 12.0 Å². The number of hydrogen-bond donors (Lipinski definition) is 1. The van der Waals surface area contributed by atoms with Gasteiger partial charge in [0.25, 0.3) is 0 Å². The molecule has 19 heavy (non-hydrogen) atoms. The molecule has 0 spiro atoms. The SMILES string of the molecule is CC.CCCc1cc(NC)cnc1-c1ccccc1. The first kappa shape index (κ1) is 15.2. The average Bonchev–Trinajstić information content (AvgIpc) is 2.50. The van der Waals surface area contributed by atoms with E-state index >= 15 is 0 Å². The van der Waals surface area contributed by atoms with E-state index in [1.165, 1.54) is 11.1 Å². The van der Waals surface area contributed by atoms with Crippen molar-refractivity contribution < 1.29 is 0 Å². The zero-order valence-corrected chi connectivity index (χ0v) is 12.4. The Labute approximate surface area is 116 Å². The summed E-state index contributed by atoms with van der Waals surface area (Å²) in [6.07, 6.45) is 4.09. The number of hydrogen-bond acceptors (Lipinski definition) is 2. The normalized spacial score (nSPS) is 9.47. The van der Waals surface area contributed by atoms with Crippen LogP contribution in [0.2, 0.25) is 0 Å². The van der Waals surface area contributed by atoms with Crippen LogP contribution in [0.4, 0.5) is 5.69 Å². The fraction of sp³-hybridized carbons (Fsp3) is 0.353. The summed E-state index contributed by atoms with van der Waals surface area (Å²) in [7, 11) is 1.93. The minimum atomic E-state index is 1.06. The minimum Gasteiger partial charge on any atom is -0.387 e. The molecule has 0 unspecified atom stereocenters. The monoisotopic (exact) mass is 256 g/mol. The maximum Gasteiger partial charge on any atom is 0.0735 e. The molecule has 0 atom stereocenters. The fourth-order valence-electron chi connectivity index (χ4n) is 1.96. The van der Waals surface area contributed by atoms with Crippen LogP contribution in [0.5, 0.6) is 0 Å². The molecular weight excluding hydrogens is 232 g/mol. The molecule has 0 saturated carbocycles. The fourth-order valence-corrected chi connectivity index (χ4v) is 1.96. The molecule has 1 aromatic heterocycles. The third-order valence-electron chi connectivity index (χ3n) is 2.82. The molecule has 0 bridgehead atoms. The van der Waals surface area contributed by atoms with Gasteiger partial charge in [-0.3, -0.25) is 4.98 Å². The summed E-state index contributed by atoms with van der Waals surface area (Å²) in [4.78, 5) is 4.58. The molecule has 0 aliphatic rings. The van der Waals surface area contributed by atoms with Crippen molar-refractivity contribution in [3.05, 3.63) is 48.2 Å². The number of pyridine rings is 1. The van der Waals surface area contributed by atoms with Gasteiger partial charge in [0, 0.05) is 12.6 Å². The second kappa shape index (κ2) is 8.30. The Balaban J connectivity index is 0.000000861. The van der Waals surface area contributed by atoms with Crippen molar-refractivity contribution in [2.45, 2.75) is 33.6 Å². The Morgan fingerprint density at radius 2 is 1.79 bits per heavy atom. The second-order valence-corrected chi connectivity index (χ2v) is 4.10. The van der Waals surface area contributed by atoms with Crippen molar-refractivity contribution >= 4 is 5.69 Å². The lowest BCUT2D eigenvalue weighted by Crippen LogP contribution is -1.97. The lowest BCUT2D eigenvalue weighted by Gasteiger charge is -2.10. The Morgan fingerprint density at radius 3 is 2.37 bits per heavy atom. The molecule has 1 N–H and O–H groups in total. The third kappa shape index (κ3) is 4.09. The highest BCUT2D eigenvalue weighted by molar-refractivity contribution is 5.65. The number of aryl methyl sites for hydroxylation is 1. The van der Waals surface area contributed by atoms with Gasteiger partial charge >= 0.3 is 0 Å². The van der Waals surface area contributed by atoms with Crippen LogP contribution in [0.15, 0.2) is 42.6 Å². The molecule has 2 nitrogen and oxygen atoms in total. The largest absolute Gasteiger partial charge is 0.387 e. The zero-order valence-electron chi connectivity index (χ0n) is 12.4. The van der Waals surface area contributed by atoms with Crippen molar-refractivity contribution in [2.24, 2.45) is 0 Å². The quantitative estimate of drug-likeness (QED) is 0.852. The van der Waals surface area contributed by atoms with Crippen molar-refractivity contribution in [2.75, 3.05) is 12.4 Å². The van der Waals surface area contributed by atoms with Gasteiger partial charge in [-0.1, -0.05) is 57.5 Å². The predicted octanol–water partition coefficient (Wildman–Crippen LogP) is 4.77. The van der Waals surface area contributed by atoms with Crippen LogP contribution in [0.1, 0.15) is 32.8 Å². The Bertz CT molecular complexity index is 478. The van der Waals surface area contributed by atoms with Gasteiger partial charge in [-0.05, 0) is 18.1 Å². The summed E-state index contributed by atoms with van der Waals surface area (Å²) in [6, 6.07) is 12.6. The summed E-state index contributed by atoms with van der Waals surface area (Å²) in [5.41, 5.74) is 4.68. The van der Waals surface area contributed by atoms with E-state index in [2.05, 4.69) is 47.6 Å². The molecule has 0 aliphatic carbocycles. The van der Waals surface area contributed by atoms with Crippen LogP contribution in [0.3, 0.4) is 0 Å². The maximum atomic E-state index is 4.58. The summed E-state index contributed by atoms with van der Waals surface area (Å²) in [5, 5.41) is 3.14. The summed E-state index contributed by atoms with van der Waals surface area (Å²) in [5.74, 6) is 0. The Hall–Kier alpha value is -1.83. The van der Waals surface area contributed by atoms with E-state index in [0.717, 1.165) is 24.2 Å². The molecule has 2 rings (SSSR count). The van der Waals surface area contributed by atoms with Gasteiger partial charge in [0.1, 0.15) is 0 Å². The van der Waals surface area contributed by atoms with E-state index in [9.17, 15) is 0 Å². The zero-order chi connectivity index (χ0) is 14.1. The number of nitrogens with one attached hydrogen (secondary N) is 1. The summed E-state index contributed by atoms with van der Waals surface area (Å²) >= 11 is 0. The van der Waals surface area contributed by atoms with Gasteiger partial charge in [0.2, 0.25) is 0 Å². The number of aromatic nitrogens is 1. The van der Waals surface area contributed by atoms with Crippen LogP contribution in [0, 0.1) is 0 Å². The number of anilines is 1. The Morgan fingerprint density at radius 1 is 1.11 bits per heavy atom. The molecular formula is C17H24N2. The van der Waals surface area contributed by atoms with Crippen LogP contribution >= 0.6 is 0 Å². The molecule has 2 aromatic rings. The van der Waals surface area contributed by atoms with Gasteiger partial charge in [-0.2, -0.15) is 0 Å². The van der Waals surface area contributed by atoms with E-state index in [1.54, 1.807) is 0 Å². The van der Waals surface area contributed by atoms with Gasteiger partial charge in [-0.15, -0.1) is 0 Å². The van der Waals surface area contributed by atoms with Crippen molar-refractivity contribution in [3.63, 3.8) is 0 Å². The standard InChI is InChI=1S/C15H18N2.C2H6/c1-3-7-13-10-14(16-2)11-17-15(13)12-8-5-4-6-9-12;1-2/h4-6,8-11,16H,3,7H2,1-2H3;1-2H3. The van der Waals surface area contributed by atoms with Gasteiger partial charge in [-0.25, -0.2) is 0 Å². The van der Waals surface area contributed by atoms with Crippen LogP contribution in [0.25, 0.3) is 11.3 Å². The highest BCUT2D eigenvalue weighted by atomic mass is 14.8. The van der Waals surface area contributed by atoms with Gasteiger partial charge in [0.15, 0.2) is 0 Å². The third-order valence-corrected chi connectivity index (χ3v) is 2.82. The predicted molar refractivity (Wildman–Crippen MR) is 84.6 cm³/mol. The number of rotatable bonds is 4. The smallest absolute Gasteiger partial charge is 0.0735 e.